The predicted molar refractivity (Wildman–Crippen MR) is 112 cm³/mol. The van der Waals surface area contributed by atoms with Crippen LogP contribution in [0.2, 0.25) is 0 Å². The van der Waals surface area contributed by atoms with Gasteiger partial charge >= 0.3 is 0 Å². The van der Waals surface area contributed by atoms with Crippen molar-refractivity contribution in [2.75, 3.05) is 12.4 Å². The monoisotopic (exact) mass is 412 g/mol. The Labute approximate surface area is 172 Å². The molecule has 1 heterocycles. The van der Waals surface area contributed by atoms with Crippen LogP contribution in [0.5, 0.6) is 11.5 Å². The molecule has 0 spiro atoms. The van der Waals surface area contributed by atoms with Crippen LogP contribution in [0.3, 0.4) is 0 Å². The summed E-state index contributed by atoms with van der Waals surface area (Å²) in [5.74, 6) is 0.691. The van der Waals surface area contributed by atoms with Crippen LogP contribution < -0.4 is 14.8 Å². The zero-order chi connectivity index (χ0) is 21.0. The van der Waals surface area contributed by atoms with E-state index in [-0.39, 0.29) is 11.4 Å². The fourth-order valence-corrected chi connectivity index (χ4v) is 3.41. The normalized spacial score (nSPS) is 10.4. The van der Waals surface area contributed by atoms with E-state index >= 15 is 0 Å². The van der Waals surface area contributed by atoms with Crippen molar-refractivity contribution in [3.63, 3.8) is 0 Å². The number of nitrogens with one attached hydrogen (secondary N) is 1. The molecule has 150 valence electrons. The van der Waals surface area contributed by atoms with Gasteiger partial charge in [-0.25, -0.2) is 0 Å². The summed E-state index contributed by atoms with van der Waals surface area (Å²) in [6.07, 6.45) is 0. The molecule has 29 heavy (non-hydrogen) atoms. The second-order valence-corrected chi connectivity index (χ2v) is 7.36. The number of amides is 1. The lowest BCUT2D eigenvalue weighted by atomic mass is 10.1. The largest absolute Gasteiger partial charge is 0.496 e. The minimum Gasteiger partial charge on any atom is -0.496 e. The molecule has 0 aliphatic heterocycles. The van der Waals surface area contributed by atoms with Crippen LogP contribution in [-0.4, -0.2) is 17.9 Å². The molecule has 0 bridgehead atoms. The summed E-state index contributed by atoms with van der Waals surface area (Å²) in [7, 11) is 1.42. The second kappa shape index (κ2) is 8.74. The van der Waals surface area contributed by atoms with Crippen LogP contribution in [0.15, 0.2) is 47.8 Å². The molecule has 0 unspecified atom stereocenters. The zero-order valence-electron chi connectivity index (χ0n) is 16.2. The standard InChI is InChI=1S/C21H20N2O5S/c1-13-4-5-17(8-14(13)2)28-11-15-9-20(29-12-15)21(24)22-18-7-6-16(27-3)10-19(18)23(25)26/h4-10,12H,11H2,1-3H3,(H,22,24). The van der Waals surface area contributed by atoms with Crippen LogP contribution in [0, 0.1) is 24.0 Å². The molecule has 3 rings (SSSR count). The van der Waals surface area contributed by atoms with Crippen molar-refractivity contribution < 1.29 is 19.2 Å². The molecule has 0 fully saturated rings. The number of hydrogen-bond donors (Lipinski definition) is 1. The van der Waals surface area contributed by atoms with Crippen LogP contribution in [0.4, 0.5) is 11.4 Å². The number of aryl methyl sites for hydroxylation is 2. The van der Waals surface area contributed by atoms with Crippen LogP contribution >= 0.6 is 11.3 Å². The quantitative estimate of drug-likeness (QED) is 0.430. The Hall–Kier alpha value is -3.39. The van der Waals surface area contributed by atoms with Crippen molar-refractivity contribution in [1.82, 2.24) is 0 Å². The maximum absolute atomic E-state index is 12.5. The molecule has 0 atom stereocenters. The third kappa shape index (κ3) is 4.91. The molecule has 8 heteroatoms. The Bertz CT molecular complexity index is 1060. The first-order valence-electron chi connectivity index (χ1n) is 8.78. The van der Waals surface area contributed by atoms with Gasteiger partial charge in [0, 0.05) is 5.56 Å². The molecule has 0 aliphatic rings. The molecule has 0 saturated heterocycles. The topological polar surface area (TPSA) is 90.7 Å². The van der Waals surface area contributed by atoms with Crippen molar-refractivity contribution in [1.29, 1.82) is 0 Å². The molecule has 0 saturated carbocycles. The third-order valence-corrected chi connectivity index (χ3v) is 5.39. The van der Waals surface area contributed by atoms with E-state index in [2.05, 4.69) is 5.32 Å². The van der Waals surface area contributed by atoms with Crippen molar-refractivity contribution >= 4 is 28.6 Å². The predicted octanol–water partition coefficient (Wildman–Crippen LogP) is 5.11. The van der Waals surface area contributed by atoms with Crippen molar-refractivity contribution in [3.8, 4) is 11.5 Å². The fourth-order valence-electron chi connectivity index (χ4n) is 2.62. The maximum Gasteiger partial charge on any atom is 0.296 e. The number of nitro benzene ring substituents is 1. The third-order valence-electron chi connectivity index (χ3n) is 4.41. The SMILES string of the molecule is COc1ccc(NC(=O)c2cc(COc3ccc(C)c(C)c3)cs2)c([N+](=O)[O-])c1. The summed E-state index contributed by atoms with van der Waals surface area (Å²) in [5, 5.41) is 15.7. The van der Waals surface area contributed by atoms with Gasteiger partial charge in [-0.1, -0.05) is 6.07 Å². The molecule has 7 nitrogen and oxygen atoms in total. The molecule has 1 N–H and O–H groups in total. The summed E-state index contributed by atoms with van der Waals surface area (Å²) in [6.45, 7) is 4.39. The van der Waals surface area contributed by atoms with Crippen molar-refractivity contribution in [3.05, 3.63) is 79.5 Å². The Balaban J connectivity index is 1.68. The number of carbonyl (C=O) groups is 1. The van der Waals surface area contributed by atoms with Crippen LogP contribution in [0.1, 0.15) is 26.4 Å². The number of hydrogen-bond acceptors (Lipinski definition) is 6. The van der Waals surface area contributed by atoms with Gasteiger partial charge < -0.3 is 14.8 Å². The molecule has 0 radical (unpaired) electrons. The first-order valence-corrected chi connectivity index (χ1v) is 9.66. The average molecular weight is 412 g/mol. The van der Waals surface area contributed by atoms with Crippen LogP contribution in [0.25, 0.3) is 0 Å². The second-order valence-electron chi connectivity index (χ2n) is 6.45. The van der Waals surface area contributed by atoms with Gasteiger partial charge in [0.25, 0.3) is 11.6 Å². The number of nitro groups is 1. The lowest BCUT2D eigenvalue weighted by Crippen LogP contribution is -2.11. The molecule has 2 aromatic carbocycles. The van der Waals surface area contributed by atoms with Crippen LogP contribution in [-0.2, 0) is 6.61 Å². The van der Waals surface area contributed by atoms with E-state index in [1.165, 1.54) is 36.1 Å². The Morgan fingerprint density at radius 1 is 1.10 bits per heavy atom. The van der Waals surface area contributed by atoms with Gasteiger partial charge in [-0.15, -0.1) is 11.3 Å². The highest BCUT2D eigenvalue weighted by Gasteiger charge is 2.19. The molecular weight excluding hydrogens is 392 g/mol. The molecular formula is C21H20N2O5S. The summed E-state index contributed by atoms with van der Waals surface area (Å²) >= 11 is 1.25. The van der Waals surface area contributed by atoms with E-state index in [9.17, 15) is 14.9 Å². The first kappa shape index (κ1) is 20.3. The molecule has 1 aromatic heterocycles. The van der Waals surface area contributed by atoms with E-state index in [0.29, 0.717) is 17.2 Å². The summed E-state index contributed by atoms with van der Waals surface area (Å²) in [4.78, 5) is 23.7. The average Bonchev–Trinajstić information content (AvgIpc) is 3.18. The number of methoxy groups -OCH3 is 1. The Morgan fingerprint density at radius 2 is 1.86 bits per heavy atom. The molecule has 1 amide bonds. The van der Waals surface area contributed by atoms with Crippen molar-refractivity contribution in [2.45, 2.75) is 20.5 Å². The summed E-state index contributed by atoms with van der Waals surface area (Å²) < 4.78 is 10.8. The van der Waals surface area contributed by atoms with Gasteiger partial charge in [0.15, 0.2) is 0 Å². The zero-order valence-corrected chi connectivity index (χ0v) is 17.0. The number of rotatable bonds is 7. The van der Waals surface area contributed by atoms with E-state index in [4.69, 9.17) is 9.47 Å². The van der Waals surface area contributed by atoms with E-state index in [1.807, 2.05) is 37.4 Å². The number of thiophene rings is 1. The van der Waals surface area contributed by atoms with Crippen molar-refractivity contribution in [2.24, 2.45) is 0 Å². The number of anilines is 1. The fraction of sp³-hybridized carbons (Fsp3) is 0.190. The molecule has 0 aliphatic carbocycles. The summed E-state index contributed by atoms with van der Waals surface area (Å²) in [6, 6.07) is 11.9. The summed E-state index contributed by atoms with van der Waals surface area (Å²) in [5.41, 5.74) is 3.07. The van der Waals surface area contributed by atoms with E-state index in [0.717, 1.165) is 16.9 Å². The number of ether oxygens (including phenoxy) is 2. The highest BCUT2D eigenvalue weighted by Crippen LogP contribution is 2.30. The minimum absolute atomic E-state index is 0.113. The Kier molecular flexibility index (Phi) is 6.13. The van der Waals surface area contributed by atoms with Gasteiger partial charge in [-0.05, 0) is 60.7 Å². The highest BCUT2D eigenvalue weighted by molar-refractivity contribution is 7.12. The van der Waals surface area contributed by atoms with Gasteiger partial charge in [-0.2, -0.15) is 0 Å². The van der Waals surface area contributed by atoms with Gasteiger partial charge in [0.2, 0.25) is 0 Å². The minimum atomic E-state index is -0.560. The van der Waals surface area contributed by atoms with Gasteiger partial charge in [0.1, 0.15) is 23.8 Å². The number of nitrogens with zero attached hydrogens (tertiary/aromatic N) is 1. The maximum atomic E-state index is 12.5. The Morgan fingerprint density at radius 3 is 2.55 bits per heavy atom. The van der Waals surface area contributed by atoms with E-state index < -0.39 is 10.8 Å². The van der Waals surface area contributed by atoms with Gasteiger partial charge in [-0.3, -0.25) is 14.9 Å². The van der Waals surface area contributed by atoms with E-state index in [1.54, 1.807) is 12.1 Å². The number of benzene rings is 2. The van der Waals surface area contributed by atoms with Gasteiger partial charge in [0.05, 0.1) is 23.0 Å². The lowest BCUT2D eigenvalue weighted by Gasteiger charge is -2.07. The highest BCUT2D eigenvalue weighted by atomic mass is 32.1. The lowest BCUT2D eigenvalue weighted by molar-refractivity contribution is -0.384. The first-order chi connectivity index (χ1) is 13.9. The molecule has 3 aromatic rings. The number of carbonyl (C=O) groups excluding carboxylic acids is 1. The smallest absolute Gasteiger partial charge is 0.296 e.